The van der Waals surface area contributed by atoms with Crippen LogP contribution < -0.4 is 0 Å². The molecule has 1 aromatic heterocycles. The van der Waals surface area contributed by atoms with Gasteiger partial charge in [0.1, 0.15) is 11.5 Å². The fourth-order valence-corrected chi connectivity index (χ4v) is 2.74. The minimum atomic E-state index is 1.03. The van der Waals surface area contributed by atoms with E-state index in [-0.39, 0.29) is 0 Å². The Balaban J connectivity index is 2.50. The summed E-state index contributed by atoms with van der Waals surface area (Å²) in [5, 5.41) is 0. The number of hydrogen-bond acceptors (Lipinski definition) is 2. The summed E-state index contributed by atoms with van der Waals surface area (Å²) in [6.45, 7) is 2.01. The molecule has 0 saturated carbocycles. The van der Waals surface area contributed by atoms with Crippen molar-refractivity contribution in [3.63, 3.8) is 0 Å². The zero-order chi connectivity index (χ0) is 7.84. The van der Waals surface area contributed by atoms with Crippen LogP contribution in [0.5, 0.6) is 0 Å². The van der Waals surface area contributed by atoms with Crippen molar-refractivity contribution in [1.82, 2.24) is 0 Å². The number of furan rings is 1. The zero-order valence-corrected chi connectivity index (χ0v) is 8.72. The lowest BCUT2D eigenvalue weighted by molar-refractivity contribution is 0.495. The van der Waals surface area contributed by atoms with Gasteiger partial charge in [0.05, 0.1) is 10.2 Å². The molecule has 2 rings (SSSR count). The van der Waals surface area contributed by atoms with Crippen molar-refractivity contribution < 1.29 is 4.42 Å². The number of fused-ring (bicyclic) bond motifs is 1. The molecular weight excluding hydrogens is 224 g/mol. The van der Waals surface area contributed by atoms with Crippen molar-refractivity contribution in [2.45, 2.75) is 19.1 Å². The predicted molar refractivity (Wildman–Crippen MR) is 51.0 cm³/mol. The average Bonchev–Trinajstić information content (AvgIpc) is 2.30. The largest absolute Gasteiger partial charge is 0.464 e. The monoisotopic (exact) mass is 232 g/mol. The molecule has 1 nitrogen and oxygen atoms in total. The van der Waals surface area contributed by atoms with E-state index in [0.717, 1.165) is 17.9 Å². The molecule has 2 heterocycles. The van der Waals surface area contributed by atoms with E-state index in [0.29, 0.717) is 0 Å². The van der Waals surface area contributed by atoms with Gasteiger partial charge in [0, 0.05) is 5.56 Å². The lowest BCUT2D eigenvalue weighted by atomic mass is 10.2. The standard InChI is InChI=1S/C8H9BrOS/c1-5-8(9)6-2-3-11-4-7(6)10-5/h2-4H2,1H3. The highest BCUT2D eigenvalue weighted by molar-refractivity contribution is 9.10. The molecule has 0 aromatic carbocycles. The van der Waals surface area contributed by atoms with E-state index >= 15 is 0 Å². The van der Waals surface area contributed by atoms with Crippen LogP contribution >= 0.6 is 27.7 Å². The summed E-state index contributed by atoms with van der Waals surface area (Å²) >= 11 is 5.48. The van der Waals surface area contributed by atoms with E-state index in [1.54, 1.807) is 0 Å². The van der Waals surface area contributed by atoms with Crippen LogP contribution in [0.4, 0.5) is 0 Å². The highest BCUT2D eigenvalue weighted by Crippen LogP contribution is 2.34. The Labute approximate surface area is 78.7 Å². The minimum Gasteiger partial charge on any atom is -0.464 e. The highest BCUT2D eigenvalue weighted by Gasteiger charge is 2.18. The maximum absolute atomic E-state index is 5.57. The first-order valence-corrected chi connectivity index (χ1v) is 5.58. The molecule has 0 fully saturated rings. The van der Waals surface area contributed by atoms with Crippen LogP contribution in [-0.2, 0) is 12.2 Å². The van der Waals surface area contributed by atoms with Gasteiger partial charge in [-0.3, -0.25) is 0 Å². The van der Waals surface area contributed by atoms with Crippen molar-refractivity contribution in [1.29, 1.82) is 0 Å². The number of aryl methyl sites for hydroxylation is 1. The lowest BCUT2D eigenvalue weighted by Gasteiger charge is -2.08. The van der Waals surface area contributed by atoms with Crippen molar-refractivity contribution >= 4 is 27.7 Å². The Morgan fingerprint density at radius 2 is 2.36 bits per heavy atom. The van der Waals surface area contributed by atoms with Crippen molar-refractivity contribution in [3.05, 3.63) is 21.6 Å². The maximum Gasteiger partial charge on any atom is 0.118 e. The second kappa shape index (κ2) is 2.87. The number of rotatable bonds is 0. The van der Waals surface area contributed by atoms with Gasteiger partial charge in [-0.1, -0.05) is 0 Å². The summed E-state index contributed by atoms with van der Waals surface area (Å²) in [4.78, 5) is 0. The number of halogens is 1. The third-order valence-electron chi connectivity index (χ3n) is 1.92. The minimum absolute atomic E-state index is 1.03. The summed E-state index contributed by atoms with van der Waals surface area (Å²) in [5.41, 5.74) is 1.39. The Morgan fingerprint density at radius 3 is 3.09 bits per heavy atom. The van der Waals surface area contributed by atoms with E-state index in [4.69, 9.17) is 4.42 Å². The Bertz CT molecular complexity index is 280. The van der Waals surface area contributed by atoms with Crippen LogP contribution in [0.25, 0.3) is 0 Å². The molecule has 1 aromatic rings. The van der Waals surface area contributed by atoms with Crippen molar-refractivity contribution in [2.75, 3.05) is 5.75 Å². The SMILES string of the molecule is Cc1oc2c(c1Br)CCSC2. The average molecular weight is 233 g/mol. The topological polar surface area (TPSA) is 13.1 Å². The second-order valence-electron chi connectivity index (χ2n) is 2.68. The van der Waals surface area contributed by atoms with E-state index in [9.17, 15) is 0 Å². The summed E-state index contributed by atoms with van der Waals surface area (Å²) in [6, 6.07) is 0. The van der Waals surface area contributed by atoms with Gasteiger partial charge in [0.2, 0.25) is 0 Å². The lowest BCUT2D eigenvalue weighted by Crippen LogP contribution is -1.98. The fourth-order valence-electron chi connectivity index (χ4n) is 1.33. The molecule has 3 heteroatoms. The molecule has 0 unspecified atom stereocenters. The number of thioether (sulfide) groups is 1. The quantitative estimate of drug-likeness (QED) is 0.682. The van der Waals surface area contributed by atoms with Gasteiger partial charge in [0.15, 0.2) is 0 Å². The molecule has 0 aliphatic carbocycles. The van der Waals surface area contributed by atoms with Gasteiger partial charge in [-0.25, -0.2) is 0 Å². The first-order valence-electron chi connectivity index (χ1n) is 3.63. The third-order valence-corrected chi connectivity index (χ3v) is 3.91. The predicted octanol–water partition coefficient (Wildman–Crippen LogP) is 3.14. The van der Waals surface area contributed by atoms with Gasteiger partial charge < -0.3 is 4.42 Å². The van der Waals surface area contributed by atoms with Crippen LogP contribution in [0, 0.1) is 6.92 Å². The Morgan fingerprint density at radius 1 is 1.55 bits per heavy atom. The maximum atomic E-state index is 5.57. The molecule has 0 N–H and O–H groups in total. The van der Waals surface area contributed by atoms with Gasteiger partial charge >= 0.3 is 0 Å². The number of hydrogen-bond donors (Lipinski definition) is 0. The zero-order valence-electron chi connectivity index (χ0n) is 6.32. The molecule has 0 bridgehead atoms. The van der Waals surface area contributed by atoms with E-state index in [1.807, 2.05) is 18.7 Å². The molecule has 0 atom stereocenters. The second-order valence-corrected chi connectivity index (χ2v) is 4.57. The third kappa shape index (κ3) is 1.25. The Hall–Kier alpha value is 0.110. The molecule has 11 heavy (non-hydrogen) atoms. The smallest absolute Gasteiger partial charge is 0.118 e. The van der Waals surface area contributed by atoms with E-state index in [2.05, 4.69) is 15.9 Å². The summed E-state index contributed by atoms with van der Waals surface area (Å²) < 4.78 is 6.76. The van der Waals surface area contributed by atoms with Crippen LogP contribution in [-0.4, -0.2) is 5.75 Å². The summed E-state index contributed by atoms with van der Waals surface area (Å²) in [7, 11) is 0. The highest BCUT2D eigenvalue weighted by atomic mass is 79.9. The van der Waals surface area contributed by atoms with E-state index in [1.165, 1.54) is 21.5 Å². The van der Waals surface area contributed by atoms with Crippen LogP contribution in [0.3, 0.4) is 0 Å². The summed E-state index contributed by atoms with van der Waals surface area (Å²) in [6.07, 6.45) is 1.15. The molecule has 0 saturated heterocycles. The molecule has 0 amide bonds. The van der Waals surface area contributed by atoms with Gasteiger partial charge in [-0.15, -0.1) is 0 Å². The molecular formula is C8H9BrOS. The normalized spacial score (nSPS) is 16.5. The summed E-state index contributed by atoms with van der Waals surface area (Å²) in [5.74, 6) is 4.47. The van der Waals surface area contributed by atoms with Crippen LogP contribution in [0.2, 0.25) is 0 Å². The van der Waals surface area contributed by atoms with Gasteiger partial charge in [-0.05, 0) is 35.0 Å². The van der Waals surface area contributed by atoms with Crippen LogP contribution in [0.1, 0.15) is 17.1 Å². The van der Waals surface area contributed by atoms with Crippen molar-refractivity contribution in [3.8, 4) is 0 Å². The molecule has 0 spiro atoms. The first kappa shape index (κ1) is 7.74. The molecule has 1 aliphatic rings. The van der Waals surface area contributed by atoms with Crippen LogP contribution in [0.15, 0.2) is 8.89 Å². The fraction of sp³-hybridized carbons (Fsp3) is 0.500. The molecule has 1 aliphatic heterocycles. The van der Waals surface area contributed by atoms with Gasteiger partial charge in [0.25, 0.3) is 0 Å². The van der Waals surface area contributed by atoms with E-state index < -0.39 is 0 Å². The first-order chi connectivity index (χ1) is 5.29. The molecule has 0 radical (unpaired) electrons. The Kier molecular flexibility index (Phi) is 2.02. The van der Waals surface area contributed by atoms with Gasteiger partial charge in [-0.2, -0.15) is 11.8 Å². The van der Waals surface area contributed by atoms with Crippen molar-refractivity contribution in [2.24, 2.45) is 0 Å². The molecule has 60 valence electrons.